The Labute approximate surface area is 460 Å². The number of para-hydroxylation sites is 4. The monoisotopic (exact) mass is 1030 g/mol. The van der Waals surface area contributed by atoms with Crippen LogP contribution in [0.2, 0.25) is 0 Å². The predicted molar refractivity (Wildman–Crippen MR) is 328 cm³/mol. The van der Waals surface area contributed by atoms with Crippen LogP contribution in [-0.4, -0.2) is 0 Å². The Balaban J connectivity index is 0.832. The van der Waals surface area contributed by atoms with Gasteiger partial charge in [0.25, 0.3) is 0 Å². The van der Waals surface area contributed by atoms with Crippen LogP contribution in [0.3, 0.4) is 0 Å². The molecule has 15 aromatic rings. The smallest absolute Gasteiger partial charge is 0.143 e. The average molecular weight is 1030 g/mol. The van der Waals surface area contributed by atoms with E-state index in [0.29, 0.717) is 0 Å². The molecule has 380 valence electrons. The number of fused-ring (bicyclic) bond motifs is 23. The molecule has 0 saturated carbocycles. The van der Waals surface area contributed by atoms with E-state index in [9.17, 15) is 0 Å². The van der Waals surface area contributed by atoms with Gasteiger partial charge in [-0.15, -0.1) is 0 Å². The van der Waals surface area contributed by atoms with Crippen molar-refractivity contribution in [3.8, 4) is 44.5 Å². The second-order valence-electron chi connectivity index (χ2n) is 24.3. The Hall–Kier alpha value is -9.58. The maximum atomic E-state index is 6.98. The van der Waals surface area contributed by atoms with E-state index in [1.54, 1.807) is 0 Å². The first kappa shape index (κ1) is 44.4. The maximum absolute atomic E-state index is 6.98. The van der Waals surface area contributed by atoms with Crippen LogP contribution in [0.15, 0.2) is 218 Å². The summed E-state index contributed by atoms with van der Waals surface area (Å²) in [7, 11) is 0. The summed E-state index contributed by atoms with van der Waals surface area (Å²) >= 11 is 0. The van der Waals surface area contributed by atoms with Crippen molar-refractivity contribution in [3.05, 3.63) is 234 Å². The fourth-order valence-corrected chi connectivity index (χ4v) is 15.1. The largest absolute Gasteiger partial charge is 0.456 e. The van der Waals surface area contributed by atoms with Crippen molar-refractivity contribution in [1.82, 2.24) is 0 Å². The number of benzene rings is 11. The molecule has 0 amide bonds. The lowest BCUT2D eigenvalue weighted by Gasteiger charge is -2.30. The van der Waals surface area contributed by atoms with Crippen molar-refractivity contribution in [1.29, 1.82) is 0 Å². The summed E-state index contributed by atoms with van der Waals surface area (Å²) in [4.78, 5) is 2.49. The third-order valence-electron chi connectivity index (χ3n) is 19.1. The summed E-state index contributed by atoms with van der Waals surface area (Å²) in [5.74, 6) is 0. The molecule has 0 unspecified atom stereocenters. The molecule has 0 saturated heterocycles. The number of anilines is 3. The normalized spacial score (nSPS) is 15.2. The summed E-state index contributed by atoms with van der Waals surface area (Å²) in [6.45, 7) is 14.4. The molecular formula is C75H51NO4. The molecule has 3 aliphatic rings. The fraction of sp³-hybridized carbons (Fsp3) is 0.120. The van der Waals surface area contributed by atoms with Crippen molar-refractivity contribution >= 4 is 105 Å². The van der Waals surface area contributed by atoms with Gasteiger partial charge in [0.15, 0.2) is 0 Å². The third-order valence-corrected chi connectivity index (χ3v) is 19.1. The molecule has 0 aliphatic heterocycles. The van der Waals surface area contributed by atoms with Crippen LogP contribution >= 0.6 is 0 Å². The van der Waals surface area contributed by atoms with Gasteiger partial charge in [-0.1, -0.05) is 145 Å². The molecule has 0 bridgehead atoms. The SMILES string of the molecule is CC1(C)c2cc(N(c3ccc4c(c3)C(C)(C)c3cc(-c5ccc6oc7ccccc7c6c5)c5oc6ccccc6c5c3-4)c3cccc4oc5ccccc5c34)ccc2-c2cc3c(cc21)-c1c(ccc2oc4ccccc4c12)C3(C)C. The van der Waals surface area contributed by atoms with E-state index in [1.165, 1.54) is 77.5 Å². The minimum atomic E-state index is -0.392. The van der Waals surface area contributed by atoms with Gasteiger partial charge in [0.05, 0.1) is 11.1 Å². The molecule has 18 rings (SSSR count). The second kappa shape index (κ2) is 15.0. The predicted octanol–water partition coefficient (Wildman–Crippen LogP) is 21.3. The number of hydrogen-bond donors (Lipinski definition) is 0. The highest BCUT2D eigenvalue weighted by Crippen LogP contribution is 2.61. The zero-order valence-corrected chi connectivity index (χ0v) is 45.1. The minimum absolute atomic E-state index is 0.203. The Morgan fingerprint density at radius 1 is 0.287 bits per heavy atom. The van der Waals surface area contributed by atoms with Crippen LogP contribution in [0.25, 0.3) is 132 Å². The average Bonchev–Trinajstić information content (AvgIpc) is 4.53. The van der Waals surface area contributed by atoms with Crippen LogP contribution < -0.4 is 4.90 Å². The van der Waals surface area contributed by atoms with Crippen LogP contribution in [0.4, 0.5) is 17.1 Å². The lowest BCUT2D eigenvalue weighted by molar-refractivity contribution is 0.651. The molecule has 5 heteroatoms. The number of rotatable bonds is 4. The van der Waals surface area contributed by atoms with E-state index in [1.807, 2.05) is 12.1 Å². The zero-order chi connectivity index (χ0) is 53.3. The molecule has 0 fully saturated rings. The molecule has 0 atom stereocenters. The molecule has 5 nitrogen and oxygen atoms in total. The van der Waals surface area contributed by atoms with Crippen molar-refractivity contribution in [3.63, 3.8) is 0 Å². The highest BCUT2D eigenvalue weighted by Gasteiger charge is 2.44. The molecule has 4 aromatic heterocycles. The summed E-state index contributed by atoms with van der Waals surface area (Å²) in [5.41, 5.74) is 27.2. The van der Waals surface area contributed by atoms with E-state index in [2.05, 4.69) is 234 Å². The number of nitrogens with zero attached hydrogens (tertiary/aromatic N) is 1. The molecule has 0 spiro atoms. The van der Waals surface area contributed by atoms with Crippen LogP contribution in [-0.2, 0) is 16.2 Å². The third kappa shape index (κ3) is 5.56. The summed E-state index contributed by atoms with van der Waals surface area (Å²) in [6.07, 6.45) is 0. The topological polar surface area (TPSA) is 55.8 Å². The van der Waals surface area contributed by atoms with E-state index >= 15 is 0 Å². The number of furan rings is 4. The van der Waals surface area contributed by atoms with E-state index in [4.69, 9.17) is 17.7 Å². The van der Waals surface area contributed by atoms with Gasteiger partial charge in [-0.25, -0.2) is 0 Å². The molecule has 11 aromatic carbocycles. The van der Waals surface area contributed by atoms with Crippen LogP contribution in [0, 0.1) is 0 Å². The highest BCUT2D eigenvalue weighted by molar-refractivity contribution is 6.20. The summed E-state index contributed by atoms with van der Waals surface area (Å²) < 4.78 is 26.5. The van der Waals surface area contributed by atoms with E-state index in [-0.39, 0.29) is 10.8 Å². The van der Waals surface area contributed by atoms with Gasteiger partial charge in [-0.3, -0.25) is 0 Å². The Kier molecular flexibility index (Phi) is 8.30. The zero-order valence-electron chi connectivity index (χ0n) is 45.1. The second-order valence-corrected chi connectivity index (χ2v) is 24.3. The Morgan fingerprint density at radius 3 is 1.49 bits per heavy atom. The van der Waals surface area contributed by atoms with Gasteiger partial charge in [0, 0.05) is 70.9 Å². The Bertz CT molecular complexity index is 5300. The van der Waals surface area contributed by atoms with Crippen molar-refractivity contribution < 1.29 is 17.7 Å². The Morgan fingerprint density at radius 2 is 0.762 bits per heavy atom. The van der Waals surface area contributed by atoms with Crippen LogP contribution in [0.1, 0.15) is 74.9 Å². The van der Waals surface area contributed by atoms with E-state index < -0.39 is 5.41 Å². The molecular weight excluding hydrogens is 979 g/mol. The molecule has 0 radical (unpaired) electrons. The molecule has 80 heavy (non-hydrogen) atoms. The van der Waals surface area contributed by atoms with Gasteiger partial charge in [0.2, 0.25) is 0 Å². The standard InChI is InChI=1S/C75H51NO4/c1-73(2)53-31-33-66-70(47-18-9-13-23-62(47)79-66)68(53)52-39-56-50(38-57(52)73)43-29-27-41(35-54(43)74(56,3)4)76(59-20-15-25-65-69(59)46-17-8-12-22-61(46)78-65)42-28-30-45-55(36-42)75(5,6)58-37-49(72-71(67(45)58)48-19-10-14-24-63(48)80-72)40-26-32-64-51(34-40)44-16-7-11-21-60(44)77-64/h7-39H,1-6H3. The van der Waals surface area contributed by atoms with Gasteiger partial charge in [-0.05, 0) is 169 Å². The van der Waals surface area contributed by atoms with Crippen molar-refractivity contribution in [2.75, 3.05) is 4.90 Å². The molecule has 3 aliphatic carbocycles. The minimum Gasteiger partial charge on any atom is -0.456 e. The van der Waals surface area contributed by atoms with Gasteiger partial charge < -0.3 is 22.6 Å². The van der Waals surface area contributed by atoms with E-state index in [0.717, 1.165) is 105 Å². The first-order valence-electron chi connectivity index (χ1n) is 28.0. The fourth-order valence-electron chi connectivity index (χ4n) is 15.1. The van der Waals surface area contributed by atoms with Gasteiger partial charge in [0.1, 0.15) is 44.7 Å². The van der Waals surface area contributed by atoms with Crippen molar-refractivity contribution in [2.24, 2.45) is 0 Å². The lowest BCUT2D eigenvalue weighted by Crippen LogP contribution is -2.18. The number of hydrogen-bond acceptors (Lipinski definition) is 5. The summed E-state index contributed by atoms with van der Waals surface area (Å²) in [5, 5.41) is 9.02. The first-order valence-corrected chi connectivity index (χ1v) is 28.0. The lowest BCUT2D eigenvalue weighted by atomic mass is 9.79. The first-order chi connectivity index (χ1) is 38.9. The van der Waals surface area contributed by atoms with Gasteiger partial charge >= 0.3 is 0 Å². The van der Waals surface area contributed by atoms with Crippen LogP contribution in [0.5, 0.6) is 0 Å². The van der Waals surface area contributed by atoms with Crippen molar-refractivity contribution in [2.45, 2.75) is 57.8 Å². The molecule has 0 N–H and O–H groups in total. The summed E-state index contributed by atoms with van der Waals surface area (Å²) in [6, 6.07) is 73.2. The van der Waals surface area contributed by atoms with Gasteiger partial charge in [-0.2, -0.15) is 0 Å². The highest BCUT2D eigenvalue weighted by atomic mass is 16.3. The maximum Gasteiger partial charge on any atom is 0.143 e. The molecule has 4 heterocycles. The quantitative estimate of drug-likeness (QED) is 0.176.